The third kappa shape index (κ3) is 3.87. The summed E-state index contributed by atoms with van der Waals surface area (Å²) in [4.78, 5) is 4.53. The molecule has 0 aliphatic carbocycles. The first kappa shape index (κ1) is 12.6. The maximum atomic E-state index is 5.67. The summed E-state index contributed by atoms with van der Waals surface area (Å²) < 4.78 is 11.0. The molecular weight excluding hydrogens is 210 g/mol. The van der Waals surface area contributed by atoms with E-state index >= 15 is 0 Å². The highest BCUT2D eigenvalue weighted by Gasteiger charge is 2.17. The van der Waals surface area contributed by atoms with Gasteiger partial charge in [-0.15, -0.1) is 11.8 Å². The van der Waals surface area contributed by atoms with Gasteiger partial charge in [-0.3, -0.25) is 4.99 Å². The van der Waals surface area contributed by atoms with Crippen LogP contribution in [0.4, 0.5) is 0 Å². The van der Waals surface area contributed by atoms with E-state index in [-0.39, 0.29) is 6.29 Å². The van der Waals surface area contributed by atoms with Crippen LogP contribution in [0.5, 0.6) is 0 Å². The Morgan fingerprint density at radius 2 is 2.40 bits per heavy atom. The molecule has 3 nitrogen and oxygen atoms in total. The monoisotopic (exact) mass is 229 g/mol. The number of hydrogen-bond acceptors (Lipinski definition) is 4. The van der Waals surface area contributed by atoms with Crippen molar-refractivity contribution in [2.75, 3.05) is 12.9 Å². The van der Waals surface area contributed by atoms with E-state index in [1.165, 1.54) is 0 Å². The molecule has 0 fully saturated rings. The van der Waals surface area contributed by atoms with Crippen molar-refractivity contribution >= 4 is 16.8 Å². The van der Waals surface area contributed by atoms with Gasteiger partial charge in [0.05, 0.1) is 6.04 Å². The van der Waals surface area contributed by atoms with E-state index in [0.29, 0.717) is 12.6 Å². The molecule has 0 N–H and O–H groups in total. The van der Waals surface area contributed by atoms with Crippen molar-refractivity contribution in [3.8, 4) is 0 Å². The largest absolute Gasteiger partial charge is 0.463 e. The third-order valence-corrected chi connectivity index (χ3v) is 2.77. The second kappa shape index (κ2) is 6.18. The second-order valence-corrected chi connectivity index (χ2v) is 4.23. The van der Waals surface area contributed by atoms with Crippen LogP contribution in [0.15, 0.2) is 16.8 Å². The Labute approximate surface area is 95.9 Å². The van der Waals surface area contributed by atoms with Gasteiger partial charge in [-0.1, -0.05) is 0 Å². The summed E-state index contributed by atoms with van der Waals surface area (Å²) in [5.74, 6) is 0.863. The van der Waals surface area contributed by atoms with E-state index in [9.17, 15) is 0 Å². The Hall–Kier alpha value is -0.480. The zero-order valence-corrected chi connectivity index (χ0v) is 10.6. The van der Waals surface area contributed by atoms with Gasteiger partial charge in [0.25, 0.3) is 0 Å². The van der Waals surface area contributed by atoms with E-state index in [1.54, 1.807) is 11.8 Å². The molecule has 0 radical (unpaired) electrons. The molecule has 0 bridgehead atoms. The molecule has 0 spiro atoms. The number of dihydropyridines is 1. The fraction of sp³-hybridized carbons (Fsp3) is 0.727. The lowest BCUT2D eigenvalue weighted by atomic mass is 10.2. The normalized spacial score (nSPS) is 23.1. The summed E-state index contributed by atoms with van der Waals surface area (Å²) in [5, 5.41) is 0.973. The number of thioether (sulfide) groups is 1. The molecule has 1 rings (SSSR count). The van der Waals surface area contributed by atoms with E-state index in [4.69, 9.17) is 9.47 Å². The molecule has 4 heteroatoms. The Balaban J connectivity index is 2.57. The molecule has 1 heterocycles. The first-order valence-electron chi connectivity index (χ1n) is 5.28. The highest BCUT2D eigenvalue weighted by molar-refractivity contribution is 8.13. The van der Waals surface area contributed by atoms with Crippen LogP contribution in [0.25, 0.3) is 0 Å². The van der Waals surface area contributed by atoms with E-state index in [0.717, 1.165) is 17.2 Å². The number of aliphatic imine (C=N–C) groups is 1. The number of hydrogen-bond donors (Lipinski definition) is 0. The Morgan fingerprint density at radius 1 is 1.67 bits per heavy atom. The first-order chi connectivity index (χ1) is 7.17. The molecule has 0 saturated carbocycles. The predicted molar refractivity (Wildman–Crippen MR) is 65.3 cm³/mol. The molecule has 1 aliphatic rings. The van der Waals surface area contributed by atoms with Crippen molar-refractivity contribution in [3.05, 3.63) is 11.8 Å². The van der Waals surface area contributed by atoms with E-state index in [2.05, 4.69) is 18.0 Å². The van der Waals surface area contributed by atoms with Gasteiger partial charge >= 0.3 is 0 Å². The van der Waals surface area contributed by atoms with Crippen molar-refractivity contribution in [1.29, 1.82) is 0 Å². The first-order valence-corrected chi connectivity index (χ1v) is 6.50. The number of ether oxygens (including phenoxy) is 2. The third-order valence-electron chi connectivity index (χ3n) is 2.08. The fourth-order valence-corrected chi connectivity index (χ4v) is 2.00. The minimum atomic E-state index is -0.202. The zero-order valence-electron chi connectivity index (χ0n) is 9.82. The minimum Gasteiger partial charge on any atom is -0.463 e. The van der Waals surface area contributed by atoms with Gasteiger partial charge in [-0.2, -0.15) is 0 Å². The summed E-state index contributed by atoms with van der Waals surface area (Å²) in [7, 11) is 0. The van der Waals surface area contributed by atoms with Crippen LogP contribution in [0, 0.1) is 0 Å². The highest BCUT2D eigenvalue weighted by Crippen LogP contribution is 2.21. The van der Waals surface area contributed by atoms with Gasteiger partial charge in [-0.25, -0.2) is 0 Å². The van der Waals surface area contributed by atoms with Crippen LogP contribution in [0.1, 0.15) is 27.2 Å². The molecule has 1 aliphatic heterocycles. The lowest BCUT2D eigenvalue weighted by Gasteiger charge is -2.21. The van der Waals surface area contributed by atoms with E-state index in [1.807, 2.05) is 20.1 Å². The standard InChI is InChI=1S/C11H19NO2S/c1-5-13-9(3)14-10-7-6-8(2)12-11(10)15-4/h7-9H,5-6H2,1-4H3. The molecule has 0 amide bonds. The van der Waals surface area contributed by atoms with Crippen LogP contribution in [0.3, 0.4) is 0 Å². The summed E-state index contributed by atoms with van der Waals surface area (Å²) in [6.07, 6.45) is 4.85. The molecule has 86 valence electrons. The van der Waals surface area contributed by atoms with Crippen LogP contribution >= 0.6 is 11.8 Å². The Morgan fingerprint density at radius 3 is 3.00 bits per heavy atom. The van der Waals surface area contributed by atoms with Crippen LogP contribution in [0.2, 0.25) is 0 Å². The summed E-state index contributed by atoms with van der Waals surface area (Å²) >= 11 is 1.62. The quantitative estimate of drug-likeness (QED) is 0.695. The smallest absolute Gasteiger partial charge is 0.197 e. The van der Waals surface area contributed by atoms with Gasteiger partial charge in [0.1, 0.15) is 5.04 Å². The Bertz CT molecular complexity index is 263. The van der Waals surface area contributed by atoms with E-state index < -0.39 is 0 Å². The van der Waals surface area contributed by atoms with Crippen molar-refractivity contribution in [2.45, 2.75) is 39.5 Å². The highest BCUT2D eigenvalue weighted by atomic mass is 32.2. The fourth-order valence-electron chi connectivity index (χ4n) is 1.38. The molecule has 0 aromatic carbocycles. The molecule has 0 saturated heterocycles. The molecule has 2 atom stereocenters. The molecule has 2 unspecified atom stereocenters. The number of rotatable bonds is 4. The zero-order chi connectivity index (χ0) is 11.3. The van der Waals surface area contributed by atoms with Crippen molar-refractivity contribution in [3.63, 3.8) is 0 Å². The summed E-state index contributed by atoms with van der Waals surface area (Å²) in [6.45, 7) is 6.63. The maximum absolute atomic E-state index is 5.67. The summed E-state index contributed by atoms with van der Waals surface area (Å²) in [5.41, 5.74) is 0. The lowest BCUT2D eigenvalue weighted by molar-refractivity contribution is -0.0938. The van der Waals surface area contributed by atoms with Gasteiger partial charge in [0.2, 0.25) is 0 Å². The average molecular weight is 229 g/mol. The molecule has 0 aromatic heterocycles. The van der Waals surface area contributed by atoms with Crippen molar-refractivity contribution < 1.29 is 9.47 Å². The molecular formula is C11H19NO2S. The van der Waals surface area contributed by atoms with Gasteiger partial charge < -0.3 is 9.47 Å². The van der Waals surface area contributed by atoms with Crippen LogP contribution in [-0.2, 0) is 9.47 Å². The van der Waals surface area contributed by atoms with Gasteiger partial charge in [0.15, 0.2) is 12.0 Å². The summed E-state index contributed by atoms with van der Waals surface area (Å²) in [6, 6.07) is 0.363. The van der Waals surface area contributed by atoms with Crippen LogP contribution in [-0.4, -0.2) is 30.2 Å². The predicted octanol–water partition coefficient (Wildman–Crippen LogP) is 2.82. The second-order valence-electron chi connectivity index (χ2n) is 3.43. The maximum Gasteiger partial charge on any atom is 0.197 e. The average Bonchev–Trinajstić information content (AvgIpc) is 2.21. The topological polar surface area (TPSA) is 30.8 Å². The lowest BCUT2D eigenvalue weighted by Crippen LogP contribution is -2.19. The Kier molecular flexibility index (Phi) is 5.19. The molecule has 15 heavy (non-hydrogen) atoms. The van der Waals surface area contributed by atoms with Crippen molar-refractivity contribution in [1.82, 2.24) is 0 Å². The molecule has 0 aromatic rings. The van der Waals surface area contributed by atoms with Gasteiger partial charge in [0, 0.05) is 6.61 Å². The van der Waals surface area contributed by atoms with Gasteiger partial charge in [-0.05, 0) is 39.5 Å². The van der Waals surface area contributed by atoms with Crippen LogP contribution < -0.4 is 0 Å². The SMILES string of the molecule is CCOC(C)OC1=CCC(C)N=C1SC. The van der Waals surface area contributed by atoms with Crippen molar-refractivity contribution in [2.24, 2.45) is 4.99 Å². The number of nitrogens with zero attached hydrogens (tertiary/aromatic N) is 1. The minimum absolute atomic E-state index is 0.202.